The van der Waals surface area contributed by atoms with E-state index < -0.39 is 0 Å². The number of fused-ring (bicyclic) bond motifs is 3. The van der Waals surface area contributed by atoms with E-state index in [1.54, 1.807) is 0 Å². The summed E-state index contributed by atoms with van der Waals surface area (Å²) in [5.74, 6) is 0.487. The first-order chi connectivity index (χ1) is 14.6. The molecule has 0 aliphatic heterocycles. The highest BCUT2D eigenvalue weighted by molar-refractivity contribution is 6.13. The van der Waals surface area contributed by atoms with Crippen molar-refractivity contribution >= 4 is 27.6 Å². The van der Waals surface area contributed by atoms with Crippen LogP contribution in [0.5, 0.6) is 0 Å². The number of aromatic nitrogens is 1. The molecule has 0 amide bonds. The van der Waals surface area contributed by atoms with Crippen LogP contribution in [0.15, 0.2) is 47.0 Å². The minimum Gasteiger partial charge on any atom is -0.455 e. The van der Waals surface area contributed by atoms with Crippen LogP contribution in [0.4, 0.5) is 5.69 Å². The van der Waals surface area contributed by atoms with E-state index >= 15 is 0 Å². The largest absolute Gasteiger partial charge is 0.455 e. The first-order valence-corrected chi connectivity index (χ1v) is 10.9. The molecular formula is C27H27N2O+. The molecule has 0 saturated heterocycles. The summed E-state index contributed by atoms with van der Waals surface area (Å²) in [5.41, 5.74) is 8.59. The molecule has 2 aromatic carbocycles. The van der Waals surface area contributed by atoms with Crippen molar-refractivity contribution in [3.05, 3.63) is 70.7 Å². The SMILES string of the molecule is [C-]#[N+]c1cc(C2CCCCC2)c2oc3c(-c4cccc[n+]4C)c(C)cc(C)c3c2c1. The van der Waals surface area contributed by atoms with Crippen molar-refractivity contribution in [3.63, 3.8) is 0 Å². The van der Waals surface area contributed by atoms with Gasteiger partial charge in [0.15, 0.2) is 11.9 Å². The Morgan fingerprint density at radius 2 is 1.80 bits per heavy atom. The van der Waals surface area contributed by atoms with Crippen LogP contribution < -0.4 is 4.57 Å². The zero-order chi connectivity index (χ0) is 20.8. The zero-order valence-corrected chi connectivity index (χ0v) is 18.0. The second kappa shape index (κ2) is 7.29. The van der Waals surface area contributed by atoms with Gasteiger partial charge < -0.3 is 4.42 Å². The van der Waals surface area contributed by atoms with Crippen LogP contribution >= 0.6 is 0 Å². The molecule has 0 atom stereocenters. The van der Waals surface area contributed by atoms with Crippen LogP contribution in [0.1, 0.15) is 54.7 Å². The van der Waals surface area contributed by atoms with Gasteiger partial charge in [-0.05, 0) is 67.5 Å². The van der Waals surface area contributed by atoms with E-state index in [9.17, 15) is 0 Å². The summed E-state index contributed by atoms with van der Waals surface area (Å²) in [5, 5.41) is 2.24. The van der Waals surface area contributed by atoms with Gasteiger partial charge in [-0.15, -0.1) is 0 Å². The summed E-state index contributed by atoms with van der Waals surface area (Å²) in [4.78, 5) is 3.81. The molecule has 0 unspecified atom stereocenters. The number of hydrogen-bond donors (Lipinski definition) is 0. The predicted molar refractivity (Wildman–Crippen MR) is 122 cm³/mol. The van der Waals surface area contributed by atoms with Crippen LogP contribution in [0.3, 0.4) is 0 Å². The van der Waals surface area contributed by atoms with Gasteiger partial charge in [0.2, 0.25) is 5.69 Å². The molecule has 150 valence electrons. The van der Waals surface area contributed by atoms with Gasteiger partial charge in [0.1, 0.15) is 18.2 Å². The minimum absolute atomic E-state index is 0.487. The van der Waals surface area contributed by atoms with Crippen molar-refractivity contribution in [2.45, 2.75) is 51.9 Å². The molecule has 0 radical (unpaired) electrons. The van der Waals surface area contributed by atoms with Gasteiger partial charge in [-0.2, -0.15) is 0 Å². The Hall–Kier alpha value is -3.12. The molecule has 1 aliphatic rings. The lowest BCUT2D eigenvalue weighted by Crippen LogP contribution is -2.30. The van der Waals surface area contributed by atoms with Gasteiger partial charge >= 0.3 is 0 Å². The van der Waals surface area contributed by atoms with Gasteiger partial charge in [-0.3, -0.25) is 0 Å². The van der Waals surface area contributed by atoms with Crippen molar-refractivity contribution in [1.82, 2.24) is 0 Å². The highest BCUT2D eigenvalue weighted by atomic mass is 16.3. The second-order valence-corrected chi connectivity index (χ2v) is 8.75. The first-order valence-electron chi connectivity index (χ1n) is 10.9. The molecule has 0 N–H and O–H groups in total. The fourth-order valence-electron chi connectivity index (χ4n) is 5.31. The van der Waals surface area contributed by atoms with E-state index in [4.69, 9.17) is 11.0 Å². The maximum absolute atomic E-state index is 7.67. The highest BCUT2D eigenvalue weighted by Crippen LogP contribution is 2.45. The van der Waals surface area contributed by atoms with Crippen molar-refractivity contribution in [3.8, 4) is 11.3 Å². The Labute approximate surface area is 177 Å². The number of nitrogens with zero attached hydrogens (tertiary/aromatic N) is 2. The van der Waals surface area contributed by atoms with Gasteiger partial charge in [0.05, 0.1) is 12.1 Å². The maximum Gasteiger partial charge on any atom is 0.216 e. The van der Waals surface area contributed by atoms with Crippen LogP contribution in [-0.2, 0) is 7.05 Å². The van der Waals surface area contributed by atoms with Crippen molar-refractivity contribution in [2.75, 3.05) is 0 Å². The summed E-state index contributed by atoms with van der Waals surface area (Å²) in [6.45, 7) is 12.0. The molecule has 2 heterocycles. The average Bonchev–Trinajstić information content (AvgIpc) is 3.14. The molecule has 1 aliphatic carbocycles. The summed E-state index contributed by atoms with van der Waals surface area (Å²) in [7, 11) is 2.08. The summed E-state index contributed by atoms with van der Waals surface area (Å²) < 4.78 is 8.87. The zero-order valence-electron chi connectivity index (χ0n) is 18.0. The highest BCUT2D eigenvalue weighted by Gasteiger charge is 2.26. The molecular weight excluding hydrogens is 368 g/mol. The normalized spacial score (nSPS) is 15.0. The predicted octanol–water partition coefficient (Wildman–Crippen LogP) is 7.29. The monoisotopic (exact) mass is 395 g/mol. The number of hydrogen-bond acceptors (Lipinski definition) is 1. The molecule has 0 spiro atoms. The number of furan rings is 1. The average molecular weight is 396 g/mol. The van der Waals surface area contributed by atoms with Crippen molar-refractivity contribution in [1.29, 1.82) is 0 Å². The summed E-state index contributed by atoms with van der Waals surface area (Å²) in [6.07, 6.45) is 8.29. The van der Waals surface area contributed by atoms with Gasteiger partial charge in [-0.25, -0.2) is 9.41 Å². The lowest BCUT2D eigenvalue weighted by Gasteiger charge is -2.22. The van der Waals surface area contributed by atoms with E-state index in [2.05, 4.69) is 60.8 Å². The molecule has 4 aromatic rings. The van der Waals surface area contributed by atoms with E-state index in [-0.39, 0.29) is 0 Å². The third kappa shape index (κ3) is 2.91. The van der Waals surface area contributed by atoms with E-state index in [1.165, 1.54) is 48.8 Å². The number of pyridine rings is 1. The maximum atomic E-state index is 7.67. The quantitative estimate of drug-likeness (QED) is 0.258. The molecule has 3 nitrogen and oxygen atoms in total. The Bertz CT molecular complexity index is 1320. The standard InChI is InChI=1S/C27H27N2O/c1-17-14-18(2)25(23-12-8-9-13-29(23)4)27-24(17)22-16-20(28-3)15-21(26(22)30-27)19-10-6-5-7-11-19/h8-9,12-16,19H,5-7,10-11H2,1-2,4H3/q+1. The van der Waals surface area contributed by atoms with Crippen LogP contribution in [0.2, 0.25) is 0 Å². The fourth-order valence-corrected chi connectivity index (χ4v) is 5.31. The molecule has 30 heavy (non-hydrogen) atoms. The Balaban J connectivity index is 1.89. The lowest BCUT2D eigenvalue weighted by atomic mass is 9.83. The number of aryl methyl sites for hydroxylation is 3. The van der Waals surface area contributed by atoms with Gasteiger partial charge in [0.25, 0.3) is 0 Å². The van der Waals surface area contributed by atoms with Crippen LogP contribution in [0, 0.1) is 20.4 Å². The molecule has 0 bridgehead atoms. The number of benzene rings is 2. The first kappa shape index (κ1) is 18.9. The second-order valence-electron chi connectivity index (χ2n) is 8.75. The Morgan fingerprint density at radius 1 is 1.00 bits per heavy atom. The van der Waals surface area contributed by atoms with Gasteiger partial charge in [-0.1, -0.05) is 25.3 Å². The van der Waals surface area contributed by atoms with E-state index in [0.29, 0.717) is 5.92 Å². The third-order valence-corrected chi connectivity index (χ3v) is 6.74. The fraction of sp³-hybridized carbons (Fsp3) is 0.333. The van der Waals surface area contributed by atoms with Crippen LogP contribution in [-0.4, -0.2) is 0 Å². The number of rotatable bonds is 2. The van der Waals surface area contributed by atoms with Gasteiger partial charge in [0, 0.05) is 22.9 Å². The summed E-state index contributed by atoms with van der Waals surface area (Å²) >= 11 is 0. The van der Waals surface area contributed by atoms with E-state index in [1.807, 2.05) is 12.1 Å². The minimum atomic E-state index is 0.487. The Morgan fingerprint density at radius 3 is 2.53 bits per heavy atom. The molecule has 2 aromatic heterocycles. The third-order valence-electron chi connectivity index (χ3n) is 6.74. The molecule has 5 rings (SSSR count). The molecule has 1 saturated carbocycles. The molecule has 1 fully saturated rings. The van der Waals surface area contributed by atoms with Crippen molar-refractivity contribution in [2.24, 2.45) is 7.05 Å². The Kier molecular flexibility index (Phi) is 4.59. The van der Waals surface area contributed by atoms with E-state index in [0.717, 1.165) is 38.9 Å². The topological polar surface area (TPSA) is 21.4 Å². The molecule has 3 heteroatoms. The van der Waals surface area contributed by atoms with Crippen LogP contribution in [0.25, 0.3) is 38.0 Å². The smallest absolute Gasteiger partial charge is 0.216 e. The summed E-state index contributed by atoms with van der Waals surface area (Å²) in [6, 6.07) is 12.6. The lowest BCUT2D eigenvalue weighted by molar-refractivity contribution is -0.660. The van der Waals surface area contributed by atoms with Crippen molar-refractivity contribution < 1.29 is 8.98 Å².